The molecule has 0 bridgehead atoms. The highest BCUT2D eigenvalue weighted by molar-refractivity contribution is 7.99. The van der Waals surface area contributed by atoms with Crippen molar-refractivity contribution in [3.05, 3.63) is 73.5 Å². The number of benzene rings is 1. The van der Waals surface area contributed by atoms with Gasteiger partial charge in [-0.05, 0) is 42.3 Å². The molecule has 5 rings (SSSR count). The minimum absolute atomic E-state index is 0.0698. The van der Waals surface area contributed by atoms with Gasteiger partial charge in [0.2, 0.25) is 5.91 Å². The number of aliphatic hydroxyl groups excluding tert-OH is 1. The molecule has 1 saturated heterocycles. The van der Waals surface area contributed by atoms with E-state index < -0.39 is 22.9 Å². The van der Waals surface area contributed by atoms with Crippen LogP contribution in [0.2, 0.25) is 0 Å². The number of carbonyl (C=O) groups is 2. The molecule has 4 atom stereocenters. The number of azide groups is 1. The third-order valence-corrected chi connectivity index (χ3v) is 9.37. The maximum Gasteiger partial charge on any atom is 0.355 e. The highest BCUT2D eigenvalue weighted by Gasteiger charge is 2.60. The number of carbonyl (C=O) groups excluding carboxylic acids is 2. The molecular formula is C25H25N7O6S2. The number of hydrogen-bond acceptors (Lipinski definition) is 10. The number of fused-ring (bicyclic) bond motifs is 2. The first-order valence-corrected chi connectivity index (χ1v) is 14.3. The molecule has 1 N–H and O–H groups in total. The number of non-ortho nitro benzene ring substituents is 1. The predicted octanol–water partition coefficient (Wildman–Crippen LogP) is 4.41. The normalized spacial score (nSPS) is 20.7. The molecule has 0 unspecified atom stereocenters. The van der Waals surface area contributed by atoms with E-state index in [1.807, 2.05) is 17.5 Å². The Hall–Kier alpha value is -3.91. The second-order valence-electron chi connectivity index (χ2n) is 9.53. The number of ether oxygens (including phenoxy) is 1. The number of nitro groups is 1. The first kappa shape index (κ1) is 27.6. The Bertz CT molecular complexity index is 1560. The molecule has 1 aromatic carbocycles. The zero-order valence-corrected chi connectivity index (χ0v) is 23.2. The van der Waals surface area contributed by atoms with E-state index in [0.29, 0.717) is 24.1 Å². The number of nitro benzene ring substituents is 1. The minimum atomic E-state index is -0.871. The van der Waals surface area contributed by atoms with Crippen LogP contribution in [0.1, 0.15) is 30.7 Å². The number of hydrogen-bond donors (Lipinski definition) is 1. The van der Waals surface area contributed by atoms with Crippen LogP contribution in [0.3, 0.4) is 0 Å². The number of aromatic nitrogens is 2. The molecule has 13 nitrogen and oxygen atoms in total. The van der Waals surface area contributed by atoms with Crippen LogP contribution in [0.4, 0.5) is 5.69 Å². The molecule has 0 aliphatic carbocycles. The number of imidazole rings is 1. The van der Waals surface area contributed by atoms with Crippen molar-refractivity contribution in [2.45, 2.75) is 44.0 Å². The van der Waals surface area contributed by atoms with Crippen molar-refractivity contribution < 1.29 is 24.4 Å². The number of amides is 1. The van der Waals surface area contributed by atoms with Crippen molar-refractivity contribution in [2.75, 3.05) is 12.3 Å². The van der Waals surface area contributed by atoms with Crippen LogP contribution in [0, 0.1) is 22.0 Å². The molecule has 0 spiro atoms. The van der Waals surface area contributed by atoms with Crippen LogP contribution in [0.15, 0.2) is 52.6 Å². The van der Waals surface area contributed by atoms with Gasteiger partial charge in [0.1, 0.15) is 28.5 Å². The van der Waals surface area contributed by atoms with Crippen molar-refractivity contribution in [1.82, 2.24) is 14.3 Å². The fourth-order valence-electron chi connectivity index (χ4n) is 5.16. The van der Waals surface area contributed by atoms with Gasteiger partial charge in [-0.15, -0.1) is 23.1 Å². The summed E-state index contributed by atoms with van der Waals surface area (Å²) in [5, 5.41) is 25.6. The van der Waals surface area contributed by atoms with E-state index in [1.54, 1.807) is 25.0 Å². The number of nitrogens with zero attached hydrogens (tertiary/aromatic N) is 7. The summed E-state index contributed by atoms with van der Waals surface area (Å²) in [6.07, 6.45) is 3.40. The lowest BCUT2D eigenvalue weighted by atomic mass is 9.77. The van der Waals surface area contributed by atoms with Gasteiger partial charge in [-0.2, -0.15) is 0 Å². The van der Waals surface area contributed by atoms with Gasteiger partial charge < -0.3 is 14.7 Å². The number of rotatable bonds is 11. The standard InChI is InChI=1S/C25H25N7O6S2/c1-13-18(17-10-30-12-27-22(24(30)40-17)39-9-3-8-28-29-26)21(31-20(13)19(14(2)33)23(31)34)25(35)38-11-15-4-6-16(7-5-15)32(36)37/h4-7,10,12-14,19-20,33H,3,8-9,11H2,1-2H3/t13-,14+,19+,20+/m0/s1. The van der Waals surface area contributed by atoms with Gasteiger partial charge in [-0.3, -0.25) is 19.3 Å². The molecular weight excluding hydrogens is 558 g/mol. The van der Waals surface area contributed by atoms with Gasteiger partial charge in [0.25, 0.3) is 5.69 Å². The van der Waals surface area contributed by atoms with Gasteiger partial charge in [0.15, 0.2) is 0 Å². The molecule has 0 radical (unpaired) electrons. The summed E-state index contributed by atoms with van der Waals surface area (Å²) in [4.78, 5) is 47.3. The van der Waals surface area contributed by atoms with E-state index >= 15 is 0 Å². The maximum atomic E-state index is 13.5. The molecule has 4 heterocycles. The summed E-state index contributed by atoms with van der Waals surface area (Å²) < 4.78 is 7.47. The molecule has 15 heteroatoms. The topological polar surface area (TPSA) is 176 Å². The molecule has 1 fully saturated rings. The third-order valence-electron chi connectivity index (χ3n) is 7.03. The van der Waals surface area contributed by atoms with E-state index in [2.05, 4.69) is 15.0 Å². The highest BCUT2D eigenvalue weighted by Crippen LogP contribution is 2.52. The van der Waals surface area contributed by atoms with Crippen molar-refractivity contribution >= 4 is 51.1 Å². The van der Waals surface area contributed by atoms with Gasteiger partial charge >= 0.3 is 5.97 Å². The van der Waals surface area contributed by atoms with Crippen LogP contribution in [0.5, 0.6) is 0 Å². The monoisotopic (exact) mass is 583 g/mol. The van der Waals surface area contributed by atoms with E-state index in [9.17, 15) is 24.8 Å². The fraction of sp³-hybridized carbons (Fsp3) is 0.400. The first-order valence-electron chi connectivity index (χ1n) is 12.5. The minimum Gasteiger partial charge on any atom is -0.456 e. The van der Waals surface area contributed by atoms with Crippen LogP contribution >= 0.6 is 23.1 Å². The summed E-state index contributed by atoms with van der Waals surface area (Å²) in [7, 11) is 0. The smallest absolute Gasteiger partial charge is 0.355 e. The Kier molecular flexibility index (Phi) is 7.81. The summed E-state index contributed by atoms with van der Waals surface area (Å²) in [6.45, 7) is 3.79. The Balaban J connectivity index is 1.44. The van der Waals surface area contributed by atoms with Crippen molar-refractivity contribution in [3.63, 3.8) is 0 Å². The average molecular weight is 584 g/mol. The zero-order valence-electron chi connectivity index (χ0n) is 21.5. The van der Waals surface area contributed by atoms with Gasteiger partial charge in [-0.25, -0.2) is 9.78 Å². The molecule has 0 saturated carbocycles. The van der Waals surface area contributed by atoms with Crippen molar-refractivity contribution in [1.29, 1.82) is 0 Å². The lowest BCUT2D eigenvalue weighted by Gasteiger charge is -2.46. The molecule has 2 aliphatic rings. The first-order chi connectivity index (χ1) is 19.2. The molecule has 40 heavy (non-hydrogen) atoms. The summed E-state index contributed by atoms with van der Waals surface area (Å²) in [5.41, 5.74) is 9.77. The molecule has 2 aliphatic heterocycles. The van der Waals surface area contributed by atoms with Crippen molar-refractivity contribution in [3.8, 4) is 0 Å². The Morgan fingerprint density at radius 3 is 2.83 bits per heavy atom. The largest absolute Gasteiger partial charge is 0.456 e. The predicted molar refractivity (Wildman–Crippen MR) is 147 cm³/mol. The number of thiazole rings is 1. The Labute approximate surface area is 236 Å². The summed E-state index contributed by atoms with van der Waals surface area (Å²) in [5.74, 6) is -1.15. The lowest BCUT2D eigenvalue weighted by Crippen LogP contribution is -2.63. The van der Waals surface area contributed by atoms with Gasteiger partial charge in [0.05, 0.1) is 27.9 Å². The van der Waals surface area contributed by atoms with Gasteiger partial charge in [-0.1, -0.05) is 12.0 Å². The third kappa shape index (κ3) is 4.92. The van der Waals surface area contributed by atoms with E-state index in [-0.39, 0.29) is 35.9 Å². The van der Waals surface area contributed by atoms with Crippen LogP contribution in [-0.2, 0) is 20.9 Å². The second-order valence-corrected chi connectivity index (χ2v) is 11.6. The fourth-order valence-corrected chi connectivity index (χ4v) is 7.40. The highest BCUT2D eigenvalue weighted by atomic mass is 32.2. The van der Waals surface area contributed by atoms with Crippen LogP contribution in [0.25, 0.3) is 20.8 Å². The lowest BCUT2D eigenvalue weighted by molar-refractivity contribution is -0.384. The van der Waals surface area contributed by atoms with Gasteiger partial charge in [0, 0.05) is 41.3 Å². The Morgan fingerprint density at radius 2 is 2.15 bits per heavy atom. The number of β-lactam (4-membered cyclic amide) rings is 1. The molecule has 1 amide bonds. The summed E-state index contributed by atoms with van der Waals surface area (Å²) >= 11 is 3.00. The van der Waals surface area contributed by atoms with Crippen LogP contribution < -0.4 is 0 Å². The number of thioether (sulfide) groups is 1. The zero-order chi connectivity index (χ0) is 28.6. The second kappa shape index (κ2) is 11.3. The van der Waals surface area contributed by atoms with E-state index in [4.69, 9.17) is 10.3 Å². The summed E-state index contributed by atoms with van der Waals surface area (Å²) in [6, 6.07) is 5.32. The maximum absolute atomic E-state index is 13.5. The quantitative estimate of drug-likeness (QED) is 0.0397. The molecule has 3 aromatic rings. The van der Waals surface area contributed by atoms with Crippen LogP contribution in [-0.4, -0.2) is 60.6 Å². The van der Waals surface area contributed by atoms with E-state index in [1.165, 1.54) is 40.5 Å². The average Bonchev–Trinajstić information content (AvgIpc) is 3.57. The van der Waals surface area contributed by atoms with E-state index in [0.717, 1.165) is 20.5 Å². The van der Waals surface area contributed by atoms with Crippen molar-refractivity contribution in [2.24, 2.45) is 17.0 Å². The Morgan fingerprint density at radius 1 is 1.40 bits per heavy atom. The SMILES string of the molecule is C[C@@H](O)[C@H]1C(=O)N2C(C(=O)OCc3ccc([N+](=O)[O-])cc3)=C(c3cn4cnc(SCCCN=[N+]=[N-])c4s3)[C@H](C)[C@H]12. The molecule has 208 valence electrons. The molecule has 2 aromatic heterocycles. The number of aliphatic hydroxyl groups is 1. The number of esters is 1.